The number of hydrogen-bond acceptors (Lipinski definition) is 5. The molecule has 4 aromatic rings. The zero-order valence-electron chi connectivity index (χ0n) is 11.5. The Hall–Kier alpha value is -3.35. The summed E-state index contributed by atoms with van der Waals surface area (Å²) in [6.07, 6.45) is 3.23. The number of anilines is 1. The van der Waals surface area contributed by atoms with Crippen LogP contribution in [-0.2, 0) is 0 Å². The molecule has 0 aliphatic rings. The predicted octanol–water partition coefficient (Wildman–Crippen LogP) is 2.50. The summed E-state index contributed by atoms with van der Waals surface area (Å²) in [6.45, 7) is 0. The lowest BCUT2D eigenvalue weighted by atomic mass is 10.3. The number of rotatable bonds is 3. The molecule has 4 rings (SSSR count). The quantitative estimate of drug-likeness (QED) is 0.604. The van der Waals surface area contributed by atoms with Gasteiger partial charge in [0.05, 0.1) is 23.7 Å². The summed E-state index contributed by atoms with van der Waals surface area (Å²) in [5.74, 6) is 2.13. The van der Waals surface area contributed by atoms with Crippen LogP contribution in [-0.4, -0.2) is 25.0 Å². The van der Waals surface area contributed by atoms with E-state index in [1.807, 2.05) is 30.3 Å². The molecule has 0 aliphatic carbocycles. The van der Waals surface area contributed by atoms with Crippen LogP contribution in [0.25, 0.3) is 28.7 Å². The molecule has 1 aromatic carbocycles. The second-order valence-electron chi connectivity index (χ2n) is 4.68. The van der Waals surface area contributed by atoms with E-state index in [0.29, 0.717) is 28.8 Å². The second-order valence-corrected chi connectivity index (χ2v) is 4.68. The minimum Gasteiger partial charge on any atom is -0.461 e. The molecule has 0 aliphatic heterocycles. The molecular weight excluding hydrogens is 280 g/mol. The average molecular weight is 292 g/mol. The number of H-pyrrole nitrogens is 1. The van der Waals surface area contributed by atoms with Gasteiger partial charge in [0, 0.05) is 0 Å². The standard InChI is InChI=1S/C15H12N6O/c16-13-11(9-17-21(13)10-5-2-1-3-6-10)14-18-15(20-19-14)12-7-4-8-22-12/h1-9H,16H2,(H,18,19,20). The van der Waals surface area contributed by atoms with Gasteiger partial charge in [-0.3, -0.25) is 5.10 Å². The van der Waals surface area contributed by atoms with Gasteiger partial charge in [-0.2, -0.15) is 10.2 Å². The van der Waals surface area contributed by atoms with E-state index >= 15 is 0 Å². The summed E-state index contributed by atoms with van der Waals surface area (Å²) in [5, 5.41) is 11.3. The Kier molecular flexibility index (Phi) is 2.75. The first-order valence-electron chi connectivity index (χ1n) is 6.68. The molecule has 0 saturated heterocycles. The van der Waals surface area contributed by atoms with Gasteiger partial charge in [0.1, 0.15) is 5.82 Å². The summed E-state index contributed by atoms with van der Waals surface area (Å²) in [6, 6.07) is 13.3. The molecular formula is C15H12N6O. The Bertz CT molecular complexity index is 891. The van der Waals surface area contributed by atoms with Crippen molar-refractivity contribution >= 4 is 5.82 Å². The van der Waals surface area contributed by atoms with E-state index in [2.05, 4.69) is 20.3 Å². The van der Waals surface area contributed by atoms with E-state index in [4.69, 9.17) is 10.2 Å². The molecule has 22 heavy (non-hydrogen) atoms. The predicted molar refractivity (Wildman–Crippen MR) is 81.1 cm³/mol. The molecule has 7 nitrogen and oxygen atoms in total. The molecule has 0 bridgehead atoms. The van der Waals surface area contributed by atoms with Crippen molar-refractivity contribution in [3.05, 3.63) is 54.9 Å². The molecule has 3 N–H and O–H groups in total. The van der Waals surface area contributed by atoms with Gasteiger partial charge in [0.2, 0.25) is 0 Å². The van der Waals surface area contributed by atoms with Crippen molar-refractivity contribution in [2.45, 2.75) is 0 Å². The van der Waals surface area contributed by atoms with Crippen molar-refractivity contribution in [1.29, 1.82) is 0 Å². The molecule has 0 amide bonds. The van der Waals surface area contributed by atoms with E-state index in [1.54, 1.807) is 29.3 Å². The average Bonchev–Trinajstić information content (AvgIpc) is 3.28. The van der Waals surface area contributed by atoms with Gasteiger partial charge in [-0.15, -0.1) is 0 Å². The van der Waals surface area contributed by atoms with Crippen LogP contribution in [0.3, 0.4) is 0 Å². The Labute approximate surface area is 125 Å². The molecule has 0 fully saturated rings. The Balaban J connectivity index is 1.74. The fourth-order valence-electron chi connectivity index (χ4n) is 2.21. The first kappa shape index (κ1) is 12.4. The van der Waals surface area contributed by atoms with Crippen LogP contribution in [0.2, 0.25) is 0 Å². The van der Waals surface area contributed by atoms with Crippen LogP contribution < -0.4 is 5.73 Å². The lowest BCUT2D eigenvalue weighted by Gasteiger charge is -2.03. The van der Waals surface area contributed by atoms with E-state index in [-0.39, 0.29) is 0 Å². The van der Waals surface area contributed by atoms with Gasteiger partial charge >= 0.3 is 0 Å². The lowest BCUT2D eigenvalue weighted by Crippen LogP contribution is -2.02. The van der Waals surface area contributed by atoms with Crippen LogP contribution in [0.5, 0.6) is 0 Å². The van der Waals surface area contributed by atoms with Gasteiger partial charge in [-0.1, -0.05) is 18.2 Å². The van der Waals surface area contributed by atoms with Crippen molar-refractivity contribution in [2.24, 2.45) is 0 Å². The van der Waals surface area contributed by atoms with E-state index in [9.17, 15) is 0 Å². The highest BCUT2D eigenvalue weighted by atomic mass is 16.3. The van der Waals surface area contributed by atoms with Crippen LogP contribution in [0, 0.1) is 0 Å². The first-order chi connectivity index (χ1) is 10.8. The third-order valence-electron chi connectivity index (χ3n) is 3.29. The first-order valence-corrected chi connectivity index (χ1v) is 6.68. The van der Waals surface area contributed by atoms with Gasteiger partial charge < -0.3 is 10.2 Å². The largest absolute Gasteiger partial charge is 0.461 e. The number of aromatic amines is 1. The molecule has 0 radical (unpaired) electrons. The number of hydrogen-bond donors (Lipinski definition) is 2. The van der Waals surface area contributed by atoms with Gasteiger partial charge in [0.25, 0.3) is 0 Å². The molecule has 7 heteroatoms. The van der Waals surface area contributed by atoms with Crippen LogP contribution >= 0.6 is 0 Å². The van der Waals surface area contributed by atoms with Gasteiger partial charge in [0.15, 0.2) is 17.4 Å². The SMILES string of the molecule is Nc1c(-c2n[nH]c(-c3ccco3)n2)cnn1-c1ccccc1. The zero-order chi connectivity index (χ0) is 14.9. The Morgan fingerprint density at radius 2 is 1.95 bits per heavy atom. The number of nitrogen functional groups attached to an aromatic ring is 1. The van der Waals surface area contributed by atoms with Crippen molar-refractivity contribution in [2.75, 3.05) is 5.73 Å². The number of nitrogens with one attached hydrogen (secondary N) is 1. The van der Waals surface area contributed by atoms with E-state index in [0.717, 1.165) is 5.69 Å². The lowest BCUT2D eigenvalue weighted by molar-refractivity contribution is 0.577. The molecule has 0 spiro atoms. The minimum atomic E-state index is 0.478. The number of furan rings is 1. The smallest absolute Gasteiger partial charge is 0.192 e. The normalized spacial score (nSPS) is 10.9. The minimum absolute atomic E-state index is 0.478. The van der Waals surface area contributed by atoms with Gasteiger partial charge in [-0.05, 0) is 24.3 Å². The summed E-state index contributed by atoms with van der Waals surface area (Å²) in [5.41, 5.74) is 7.73. The number of benzene rings is 1. The number of nitrogens with two attached hydrogens (primary N) is 1. The fourth-order valence-corrected chi connectivity index (χ4v) is 2.21. The summed E-state index contributed by atoms with van der Waals surface area (Å²) in [7, 11) is 0. The van der Waals surface area contributed by atoms with Crippen LogP contribution in [0.15, 0.2) is 59.3 Å². The molecule has 108 valence electrons. The highest BCUT2D eigenvalue weighted by Crippen LogP contribution is 2.26. The molecule has 0 atom stereocenters. The summed E-state index contributed by atoms with van der Waals surface area (Å²) < 4.78 is 6.94. The Morgan fingerprint density at radius 3 is 2.73 bits per heavy atom. The maximum absolute atomic E-state index is 6.18. The van der Waals surface area contributed by atoms with Gasteiger partial charge in [-0.25, -0.2) is 9.67 Å². The zero-order valence-corrected chi connectivity index (χ0v) is 11.5. The van der Waals surface area contributed by atoms with E-state index < -0.39 is 0 Å². The third kappa shape index (κ3) is 1.96. The molecule has 3 aromatic heterocycles. The van der Waals surface area contributed by atoms with Crippen molar-refractivity contribution in [3.63, 3.8) is 0 Å². The number of para-hydroxylation sites is 1. The molecule has 0 saturated carbocycles. The maximum atomic E-state index is 6.18. The third-order valence-corrected chi connectivity index (χ3v) is 3.29. The molecule has 3 heterocycles. The monoisotopic (exact) mass is 292 g/mol. The van der Waals surface area contributed by atoms with Crippen LogP contribution in [0.1, 0.15) is 0 Å². The van der Waals surface area contributed by atoms with Crippen molar-refractivity contribution < 1.29 is 4.42 Å². The second kappa shape index (κ2) is 4.88. The van der Waals surface area contributed by atoms with E-state index in [1.165, 1.54) is 0 Å². The summed E-state index contributed by atoms with van der Waals surface area (Å²) >= 11 is 0. The van der Waals surface area contributed by atoms with Crippen LogP contribution in [0.4, 0.5) is 5.82 Å². The number of aromatic nitrogens is 5. The number of nitrogens with zero attached hydrogens (tertiary/aromatic N) is 4. The molecule has 0 unspecified atom stereocenters. The van der Waals surface area contributed by atoms with Crippen molar-refractivity contribution in [3.8, 4) is 28.7 Å². The highest BCUT2D eigenvalue weighted by Gasteiger charge is 2.16. The summed E-state index contributed by atoms with van der Waals surface area (Å²) in [4.78, 5) is 4.40. The maximum Gasteiger partial charge on any atom is 0.192 e. The Morgan fingerprint density at radius 1 is 1.09 bits per heavy atom. The van der Waals surface area contributed by atoms with Crippen molar-refractivity contribution in [1.82, 2.24) is 25.0 Å². The topological polar surface area (TPSA) is 98.6 Å². The highest BCUT2D eigenvalue weighted by molar-refractivity contribution is 5.70. The fraction of sp³-hybridized carbons (Fsp3) is 0.